The minimum atomic E-state index is 0.0512. The van der Waals surface area contributed by atoms with Crippen LogP contribution in [0.1, 0.15) is 40.0 Å². The second kappa shape index (κ2) is 2.84. The van der Waals surface area contributed by atoms with Crippen molar-refractivity contribution in [3.05, 3.63) is 0 Å². The van der Waals surface area contributed by atoms with Crippen molar-refractivity contribution in [2.24, 2.45) is 16.1 Å². The van der Waals surface area contributed by atoms with Gasteiger partial charge >= 0.3 is 0 Å². The molecule has 2 heteroatoms. The highest BCUT2D eigenvalue weighted by atomic mass is 14.9. The molecule has 0 aliphatic heterocycles. The van der Waals surface area contributed by atoms with Crippen LogP contribution in [0.3, 0.4) is 0 Å². The Labute approximate surface area is 68.9 Å². The molecule has 64 valence electrons. The molecule has 1 saturated carbocycles. The zero-order valence-electron chi connectivity index (χ0n) is 7.72. The van der Waals surface area contributed by atoms with E-state index in [2.05, 4.69) is 25.8 Å². The molecule has 11 heavy (non-hydrogen) atoms. The molecule has 1 fully saturated rings. The molecule has 2 N–H and O–H groups in total. The van der Waals surface area contributed by atoms with Crippen molar-refractivity contribution in [1.82, 2.24) is 0 Å². The Kier molecular flexibility index (Phi) is 2.21. The quantitative estimate of drug-likeness (QED) is 0.455. The lowest BCUT2D eigenvalue weighted by molar-refractivity contribution is 0.414. The summed E-state index contributed by atoms with van der Waals surface area (Å²) in [6.45, 7) is 6.31. The Balaban J connectivity index is 2.50. The van der Waals surface area contributed by atoms with Gasteiger partial charge < -0.3 is 5.73 Å². The van der Waals surface area contributed by atoms with Gasteiger partial charge in [-0.15, -0.1) is 0 Å². The van der Waals surface area contributed by atoms with E-state index in [1.807, 2.05) is 0 Å². The molecule has 0 aromatic rings. The Morgan fingerprint density at radius 1 is 1.36 bits per heavy atom. The molecule has 1 rings (SSSR count). The summed E-state index contributed by atoms with van der Waals surface area (Å²) in [7, 11) is 0. The highest BCUT2D eigenvalue weighted by molar-refractivity contribution is 5.85. The Morgan fingerprint density at radius 2 is 1.91 bits per heavy atom. The molecule has 0 aromatic heterocycles. The zero-order chi connectivity index (χ0) is 8.48. The molecule has 0 saturated heterocycles. The van der Waals surface area contributed by atoms with Gasteiger partial charge in [-0.2, -0.15) is 0 Å². The molecule has 0 radical (unpaired) electrons. The topological polar surface area (TPSA) is 38.4 Å². The van der Waals surface area contributed by atoms with E-state index in [-0.39, 0.29) is 5.41 Å². The maximum Gasteiger partial charge on any atom is 0.0994 e. The van der Waals surface area contributed by atoms with Gasteiger partial charge in [-0.1, -0.05) is 20.8 Å². The fourth-order valence-corrected chi connectivity index (χ4v) is 0.906. The van der Waals surface area contributed by atoms with Crippen LogP contribution in [-0.2, 0) is 0 Å². The number of aliphatic imine (C=N–C) groups is 1. The van der Waals surface area contributed by atoms with Crippen LogP contribution in [0.2, 0.25) is 0 Å². The third-order valence-electron chi connectivity index (χ3n) is 2.16. The van der Waals surface area contributed by atoms with Crippen molar-refractivity contribution in [3.63, 3.8) is 0 Å². The minimum absolute atomic E-state index is 0.0512. The van der Waals surface area contributed by atoms with Gasteiger partial charge in [-0.05, 0) is 19.3 Å². The van der Waals surface area contributed by atoms with E-state index in [0.717, 1.165) is 5.84 Å². The van der Waals surface area contributed by atoms with E-state index in [9.17, 15) is 0 Å². The number of rotatable bonds is 1. The van der Waals surface area contributed by atoms with Crippen LogP contribution in [-0.4, -0.2) is 11.9 Å². The largest absolute Gasteiger partial charge is 0.387 e. The van der Waals surface area contributed by atoms with Crippen molar-refractivity contribution in [1.29, 1.82) is 0 Å². The third kappa shape index (κ3) is 2.21. The predicted molar refractivity (Wildman–Crippen MR) is 48.7 cm³/mol. The highest BCUT2D eigenvalue weighted by Gasteiger charge is 2.21. The Morgan fingerprint density at radius 3 is 2.18 bits per heavy atom. The van der Waals surface area contributed by atoms with E-state index in [1.54, 1.807) is 0 Å². The summed E-state index contributed by atoms with van der Waals surface area (Å²) < 4.78 is 0. The summed E-state index contributed by atoms with van der Waals surface area (Å²) >= 11 is 0. The van der Waals surface area contributed by atoms with Gasteiger partial charge in [-0.3, -0.25) is 4.99 Å². The molecule has 1 aliphatic carbocycles. The van der Waals surface area contributed by atoms with E-state index in [0.29, 0.717) is 6.04 Å². The molecule has 0 aromatic carbocycles. The van der Waals surface area contributed by atoms with E-state index in [4.69, 9.17) is 5.73 Å². The first-order valence-corrected chi connectivity index (χ1v) is 4.34. The fraction of sp³-hybridized carbons (Fsp3) is 0.889. The fourth-order valence-electron chi connectivity index (χ4n) is 0.906. The normalized spacial score (nSPS) is 21.5. The van der Waals surface area contributed by atoms with E-state index >= 15 is 0 Å². The first-order chi connectivity index (χ1) is 5.00. The van der Waals surface area contributed by atoms with Gasteiger partial charge in [0.1, 0.15) is 0 Å². The second-order valence-electron chi connectivity index (χ2n) is 4.35. The molecule has 0 unspecified atom stereocenters. The van der Waals surface area contributed by atoms with Crippen molar-refractivity contribution in [2.75, 3.05) is 0 Å². The summed E-state index contributed by atoms with van der Waals surface area (Å²) in [6, 6.07) is 0.536. The van der Waals surface area contributed by atoms with Gasteiger partial charge in [0.05, 0.1) is 11.9 Å². The standard InChI is InChI=1S/C9H18N2/c1-9(2,3)8(10)11-7-5-4-6-7/h7H,4-6H2,1-3H3,(H2,10,11). The predicted octanol–water partition coefficient (Wildman–Crippen LogP) is 1.94. The number of amidine groups is 1. The molecular weight excluding hydrogens is 136 g/mol. The van der Waals surface area contributed by atoms with Gasteiger partial charge in [0.2, 0.25) is 0 Å². The molecule has 1 aliphatic rings. The van der Waals surface area contributed by atoms with Gasteiger partial charge in [0, 0.05) is 5.41 Å². The first-order valence-electron chi connectivity index (χ1n) is 4.34. The maximum atomic E-state index is 5.81. The van der Waals surface area contributed by atoms with Crippen LogP contribution in [0, 0.1) is 5.41 Å². The Bertz CT molecular complexity index is 161. The highest BCUT2D eigenvalue weighted by Crippen LogP contribution is 2.24. The van der Waals surface area contributed by atoms with E-state index in [1.165, 1.54) is 19.3 Å². The lowest BCUT2D eigenvalue weighted by Crippen LogP contribution is -2.32. The smallest absolute Gasteiger partial charge is 0.0994 e. The van der Waals surface area contributed by atoms with Crippen molar-refractivity contribution < 1.29 is 0 Å². The minimum Gasteiger partial charge on any atom is -0.387 e. The molecule has 0 amide bonds. The van der Waals surface area contributed by atoms with Gasteiger partial charge in [0.15, 0.2) is 0 Å². The molecule has 2 nitrogen and oxygen atoms in total. The Hall–Kier alpha value is -0.530. The van der Waals surface area contributed by atoms with Crippen molar-refractivity contribution in [2.45, 2.75) is 46.1 Å². The summed E-state index contributed by atoms with van der Waals surface area (Å²) in [5.74, 6) is 0.808. The summed E-state index contributed by atoms with van der Waals surface area (Å²) in [4.78, 5) is 4.45. The number of nitrogens with two attached hydrogens (primary N) is 1. The van der Waals surface area contributed by atoms with Crippen LogP contribution in [0.5, 0.6) is 0 Å². The van der Waals surface area contributed by atoms with Crippen LogP contribution >= 0.6 is 0 Å². The zero-order valence-corrected chi connectivity index (χ0v) is 7.72. The molecular formula is C9H18N2. The average molecular weight is 154 g/mol. The number of hydrogen-bond donors (Lipinski definition) is 1. The summed E-state index contributed by atoms with van der Waals surface area (Å²) in [5.41, 5.74) is 5.86. The molecule has 0 heterocycles. The molecule has 0 atom stereocenters. The monoisotopic (exact) mass is 154 g/mol. The first kappa shape index (κ1) is 8.57. The van der Waals surface area contributed by atoms with Gasteiger partial charge in [0.25, 0.3) is 0 Å². The van der Waals surface area contributed by atoms with Crippen LogP contribution in [0.4, 0.5) is 0 Å². The number of nitrogens with zero attached hydrogens (tertiary/aromatic N) is 1. The van der Waals surface area contributed by atoms with Crippen LogP contribution < -0.4 is 5.73 Å². The summed E-state index contributed by atoms with van der Waals surface area (Å²) in [6.07, 6.45) is 3.79. The summed E-state index contributed by atoms with van der Waals surface area (Å²) in [5, 5.41) is 0. The second-order valence-corrected chi connectivity index (χ2v) is 4.35. The third-order valence-corrected chi connectivity index (χ3v) is 2.16. The lowest BCUT2D eigenvalue weighted by atomic mass is 9.91. The number of hydrogen-bond acceptors (Lipinski definition) is 1. The SMILES string of the molecule is CC(C)(C)C(N)=NC1CCC1. The molecule has 0 bridgehead atoms. The lowest BCUT2D eigenvalue weighted by Gasteiger charge is -2.25. The maximum absolute atomic E-state index is 5.81. The van der Waals surface area contributed by atoms with E-state index < -0.39 is 0 Å². The van der Waals surface area contributed by atoms with Gasteiger partial charge in [-0.25, -0.2) is 0 Å². The average Bonchev–Trinajstić information content (AvgIpc) is 1.75. The van der Waals surface area contributed by atoms with Crippen molar-refractivity contribution in [3.8, 4) is 0 Å². The molecule has 0 spiro atoms. The van der Waals surface area contributed by atoms with Crippen LogP contribution in [0.25, 0.3) is 0 Å². The van der Waals surface area contributed by atoms with Crippen LogP contribution in [0.15, 0.2) is 4.99 Å². The van der Waals surface area contributed by atoms with Crippen molar-refractivity contribution >= 4 is 5.84 Å².